The maximum atomic E-state index is 5.40. The quantitative estimate of drug-likeness (QED) is 0.648. The van der Waals surface area contributed by atoms with Gasteiger partial charge in [0.2, 0.25) is 0 Å². The van der Waals surface area contributed by atoms with Crippen molar-refractivity contribution in [1.82, 2.24) is 5.32 Å². The van der Waals surface area contributed by atoms with Crippen LogP contribution < -0.4 is 5.32 Å². The van der Waals surface area contributed by atoms with E-state index in [0.717, 1.165) is 32.5 Å². The van der Waals surface area contributed by atoms with Crippen molar-refractivity contribution in [2.45, 2.75) is 26.3 Å². The fourth-order valence-corrected chi connectivity index (χ4v) is 1.75. The van der Waals surface area contributed by atoms with Crippen molar-refractivity contribution in [3.63, 3.8) is 0 Å². The highest BCUT2D eigenvalue weighted by atomic mass is 16.5. The summed E-state index contributed by atoms with van der Waals surface area (Å²) in [4.78, 5) is 0. The Bertz CT molecular complexity index is 315. The van der Waals surface area contributed by atoms with E-state index in [-0.39, 0.29) is 0 Å². The molecule has 0 fully saturated rings. The van der Waals surface area contributed by atoms with E-state index in [1.54, 1.807) is 7.11 Å². The van der Waals surface area contributed by atoms with Crippen LogP contribution in [0.1, 0.15) is 24.0 Å². The lowest BCUT2D eigenvalue weighted by Crippen LogP contribution is -2.15. The molecule has 1 aromatic rings. The Hall–Kier alpha value is -0.900. The highest BCUT2D eigenvalue weighted by Crippen LogP contribution is 2.03. The Morgan fingerprint density at radius 3 is 2.78 bits per heavy atom. The molecule has 0 saturated carbocycles. The standard InChI is InChI=1S/C15H25NO2/c1-14-6-5-7-15(12-14)13-16-8-3-4-9-18-11-10-17-2/h5-7,12,16H,3-4,8-11,13H2,1-2H3. The van der Waals surface area contributed by atoms with E-state index < -0.39 is 0 Å². The van der Waals surface area contributed by atoms with Crippen molar-refractivity contribution in [3.8, 4) is 0 Å². The SMILES string of the molecule is COCCOCCCCNCc1cccc(C)c1. The van der Waals surface area contributed by atoms with Gasteiger partial charge in [-0.3, -0.25) is 0 Å². The van der Waals surface area contributed by atoms with Gasteiger partial charge >= 0.3 is 0 Å². The maximum Gasteiger partial charge on any atom is 0.0700 e. The van der Waals surface area contributed by atoms with E-state index in [1.165, 1.54) is 11.1 Å². The van der Waals surface area contributed by atoms with Gasteiger partial charge in [0.25, 0.3) is 0 Å². The predicted octanol–water partition coefficient (Wildman–Crippen LogP) is 2.53. The summed E-state index contributed by atoms with van der Waals surface area (Å²) in [5, 5.41) is 3.45. The monoisotopic (exact) mass is 251 g/mol. The normalized spacial score (nSPS) is 10.8. The molecule has 0 radical (unpaired) electrons. The molecule has 18 heavy (non-hydrogen) atoms. The summed E-state index contributed by atoms with van der Waals surface area (Å²) in [6.07, 6.45) is 2.25. The Labute approximate surface area is 110 Å². The highest BCUT2D eigenvalue weighted by Gasteiger charge is 1.93. The molecular weight excluding hydrogens is 226 g/mol. The van der Waals surface area contributed by atoms with E-state index in [1.807, 2.05) is 0 Å². The second-order valence-electron chi connectivity index (χ2n) is 4.48. The molecule has 3 nitrogen and oxygen atoms in total. The molecule has 0 aliphatic rings. The molecule has 0 saturated heterocycles. The summed E-state index contributed by atoms with van der Waals surface area (Å²) in [6, 6.07) is 8.62. The molecule has 0 aromatic heterocycles. The smallest absolute Gasteiger partial charge is 0.0700 e. The molecule has 3 heteroatoms. The van der Waals surface area contributed by atoms with Crippen LogP contribution in [0.2, 0.25) is 0 Å². The lowest BCUT2D eigenvalue weighted by atomic mass is 10.1. The molecule has 102 valence electrons. The van der Waals surface area contributed by atoms with Crippen LogP contribution >= 0.6 is 0 Å². The van der Waals surface area contributed by atoms with Crippen molar-refractivity contribution in [3.05, 3.63) is 35.4 Å². The van der Waals surface area contributed by atoms with Crippen LogP contribution in [0.5, 0.6) is 0 Å². The largest absolute Gasteiger partial charge is 0.382 e. The van der Waals surface area contributed by atoms with Crippen LogP contribution in [0.25, 0.3) is 0 Å². The van der Waals surface area contributed by atoms with Gasteiger partial charge < -0.3 is 14.8 Å². The van der Waals surface area contributed by atoms with Gasteiger partial charge in [-0.25, -0.2) is 0 Å². The van der Waals surface area contributed by atoms with E-state index in [2.05, 4.69) is 36.5 Å². The van der Waals surface area contributed by atoms with E-state index >= 15 is 0 Å². The van der Waals surface area contributed by atoms with Gasteiger partial charge in [-0.15, -0.1) is 0 Å². The molecule has 1 aromatic carbocycles. The summed E-state index contributed by atoms with van der Waals surface area (Å²) in [7, 11) is 1.69. The van der Waals surface area contributed by atoms with E-state index in [0.29, 0.717) is 13.2 Å². The third-order valence-electron chi connectivity index (χ3n) is 2.74. The number of nitrogens with one attached hydrogen (secondary N) is 1. The number of benzene rings is 1. The molecule has 1 N–H and O–H groups in total. The summed E-state index contributed by atoms with van der Waals surface area (Å²) in [5.41, 5.74) is 2.67. The average Bonchev–Trinajstić information content (AvgIpc) is 2.37. The zero-order valence-electron chi connectivity index (χ0n) is 11.6. The molecule has 0 heterocycles. The first-order chi connectivity index (χ1) is 8.83. The molecular formula is C15H25NO2. The lowest BCUT2D eigenvalue weighted by Gasteiger charge is -2.06. The minimum atomic E-state index is 0.686. The molecule has 0 aliphatic carbocycles. The minimum Gasteiger partial charge on any atom is -0.382 e. The van der Waals surface area contributed by atoms with Gasteiger partial charge in [0.15, 0.2) is 0 Å². The first-order valence-electron chi connectivity index (χ1n) is 6.66. The van der Waals surface area contributed by atoms with Crippen LogP contribution in [0, 0.1) is 6.92 Å². The number of unbranched alkanes of at least 4 members (excludes halogenated alkanes) is 1. The maximum absolute atomic E-state index is 5.40. The Balaban J connectivity index is 1.92. The van der Waals surface area contributed by atoms with Crippen molar-refractivity contribution < 1.29 is 9.47 Å². The number of methoxy groups -OCH3 is 1. The number of ether oxygens (including phenoxy) is 2. The van der Waals surface area contributed by atoms with Crippen LogP contribution in [0.4, 0.5) is 0 Å². The van der Waals surface area contributed by atoms with E-state index in [4.69, 9.17) is 9.47 Å². The zero-order chi connectivity index (χ0) is 13.1. The average molecular weight is 251 g/mol. The van der Waals surface area contributed by atoms with Gasteiger partial charge in [-0.2, -0.15) is 0 Å². The number of aryl methyl sites for hydroxylation is 1. The van der Waals surface area contributed by atoms with E-state index in [9.17, 15) is 0 Å². The summed E-state index contributed by atoms with van der Waals surface area (Å²) >= 11 is 0. The highest BCUT2D eigenvalue weighted by molar-refractivity contribution is 5.21. The van der Waals surface area contributed by atoms with Gasteiger partial charge in [-0.1, -0.05) is 29.8 Å². The first-order valence-corrected chi connectivity index (χ1v) is 6.66. The molecule has 0 unspecified atom stereocenters. The van der Waals surface area contributed by atoms with Crippen molar-refractivity contribution in [2.75, 3.05) is 33.5 Å². The summed E-state index contributed by atoms with van der Waals surface area (Å²) < 4.78 is 10.3. The molecule has 0 bridgehead atoms. The van der Waals surface area contributed by atoms with Crippen molar-refractivity contribution >= 4 is 0 Å². The molecule has 0 spiro atoms. The minimum absolute atomic E-state index is 0.686. The third-order valence-corrected chi connectivity index (χ3v) is 2.74. The molecule has 0 amide bonds. The topological polar surface area (TPSA) is 30.5 Å². The van der Waals surface area contributed by atoms with Gasteiger partial charge in [0, 0.05) is 20.3 Å². The van der Waals surface area contributed by atoms with Crippen molar-refractivity contribution in [2.24, 2.45) is 0 Å². The molecule has 1 rings (SSSR count). The molecule has 0 atom stereocenters. The first kappa shape index (κ1) is 15.2. The Kier molecular flexibility index (Phi) is 8.47. The zero-order valence-corrected chi connectivity index (χ0v) is 11.6. The van der Waals surface area contributed by atoms with Gasteiger partial charge in [0.1, 0.15) is 0 Å². The number of hydrogen-bond donors (Lipinski definition) is 1. The second-order valence-corrected chi connectivity index (χ2v) is 4.48. The number of rotatable bonds is 10. The Morgan fingerprint density at radius 1 is 1.11 bits per heavy atom. The summed E-state index contributed by atoms with van der Waals surface area (Å²) in [6.45, 7) is 6.34. The predicted molar refractivity (Wildman–Crippen MR) is 74.8 cm³/mol. The van der Waals surface area contributed by atoms with Crippen LogP contribution in [0.3, 0.4) is 0 Å². The van der Waals surface area contributed by atoms with Crippen LogP contribution in [0.15, 0.2) is 24.3 Å². The van der Waals surface area contributed by atoms with Gasteiger partial charge in [0.05, 0.1) is 13.2 Å². The lowest BCUT2D eigenvalue weighted by molar-refractivity contribution is 0.0688. The fourth-order valence-electron chi connectivity index (χ4n) is 1.75. The number of hydrogen-bond acceptors (Lipinski definition) is 3. The second kappa shape index (κ2) is 10.1. The van der Waals surface area contributed by atoms with Crippen LogP contribution in [-0.2, 0) is 16.0 Å². The fraction of sp³-hybridized carbons (Fsp3) is 0.600. The third kappa shape index (κ3) is 7.43. The molecule has 0 aliphatic heterocycles. The van der Waals surface area contributed by atoms with Gasteiger partial charge in [-0.05, 0) is 31.9 Å². The summed E-state index contributed by atoms with van der Waals surface area (Å²) in [5.74, 6) is 0. The Morgan fingerprint density at radius 2 is 2.00 bits per heavy atom. The van der Waals surface area contributed by atoms with Crippen molar-refractivity contribution in [1.29, 1.82) is 0 Å². The van der Waals surface area contributed by atoms with Crippen LogP contribution in [-0.4, -0.2) is 33.5 Å².